The molecule has 3 saturated heterocycles. The maximum absolute atomic E-state index is 15.0. The van der Waals surface area contributed by atoms with E-state index in [1.807, 2.05) is 13.8 Å². The average molecular weight is 959 g/mol. The van der Waals surface area contributed by atoms with Gasteiger partial charge < -0.3 is 89.7 Å². The van der Waals surface area contributed by atoms with Gasteiger partial charge in [-0.3, -0.25) is 4.79 Å². The van der Waals surface area contributed by atoms with E-state index < -0.39 is 134 Å². The van der Waals surface area contributed by atoms with E-state index in [0.29, 0.717) is 32.1 Å². The van der Waals surface area contributed by atoms with Crippen LogP contribution in [0.2, 0.25) is 0 Å². The minimum absolute atomic E-state index is 0.0678. The highest BCUT2D eigenvalue weighted by Crippen LogP contribution is 2.77. The van der Waals surface area contributed by atoms with Crippen LogP contribution in [0.15, 0.2) is 12.2 Å². The zero-order valence-electron chi connectivity index (χ0n) is 39.5. The predicted octanol–water partition coefficient (Wildman–Crippen LogP) is -1.03. The van der Waals surface area contributed by atoms with Gasteiger partial charge >= 0.3 is 5.97 Å². The fourth-order valence-corrected chi connectivity index (χ4v) is 15.9. The summed E-state index contributed by atoms with van der Waals surface area (Å²) in [6, 6.07) is 0. The monoisotopic (exact) mass is 959 g/mol. The maximum atomic E-state index is 15.0. The van der Waals surface area contributed by atoms with Gasteiger partial charge in [0.1, 0.15) is 67.1 Å². The van der Waals surface area contributed by atoms with Crippen LogP contribution in [-0.4, -0.2) is 192 Å². The summed E-state index contributed by atoms with van der Waals surface area (Å²) in [5.74, 6) is -0.764. The molecule has 19 nitrogen and oxygen atoms in total. The molecular formula is C48H78O19. The summed E-state index contributed by atoms with van der Waals surface area (Å²) in [6.45, 7) is 12.8. The van der Waals surface area contributed by atoms with Crippen molar-refractivity contribution in [3.8, 4) is 0 Å². The molecule has 3 aliphatic heterocycles. The van der Waals surface area contributed by atoms with Crippen molar-refractivity contribution in [1.29, 1.82) is 0 Å². The summed E-state index contributed by atoms with van der Waals surface area (Å²) in [6.07, 6.45) is -18.4. The van der Waals surface area contributed by atoms with Gasteiger partial charge in [-0.2, -0.15) is 0 Å². The van der Waals surface area contributed by atoms with Crippen molar-refractivity contribution in [3.05, 3.63) is 12.2 Å². The second-order valence-corrected chi connectivity index (χ2v) is 22.7. The molecule has 0 aromatic rings. The summed E-state index contributed by atoms with van der Waals surface area (Å²) in [5.41, 5.74) is -1.82. The van der Waals surface area contributed by atoms with E-state index in [0.717, 1.165) is 37.7 Å². The molecule has 0 amide bonds. The van der Waals surface area contributed by atoms with Gasteiger partial charge in [0.2, 0.25) is 6.29 Å². The Bertz CT molecular complexity index is 1790. The Morgan fingerprint density at radius 1 is 0.657 bits per heavy atom. The van der Waals surface area contributed by atoms with Crippen molar-refractivity contribution >= 4 is 5.97 Å². The van der Waals surface area contributed by atoms with Gasteiger partial charge in [0.05, 0.1) is 37.4 Å². The Balaban J connectivity index is 0.977. The number of fused-ring (bicyclic) bond motifs is 7. The standard InChI is InChI=1S/C48H78O19/c1-21(2)23-9-14-47(15-16-48(20-51)24(30(23)47)7-8-28-44(4)12-11-29(52)45(5,19-50)27(44)10-13-46(28,48)6)43(61)67-42-37(59)34(56)32(54)26(65-42)18-62-40-38(60)35(57)39(25(17-49)64-40)66-41-36(58)33(55)31(53)22(3)63-41/h22-42,49-60H,1,7-20H2,2-6H3. The van der Waals surface area contributed by atoms with Crippen LogP contribution in [0.1, 0.15) is 98.8 Å². The lowest BCUT2D eigenvalue weighted by molar-refractivity contribution is -0.361. The molecule has 26 atom stereocenters. The normalized spacial score (nSPS) is 55.4. The van der Waals surface area contributed by atoms with Crippen LogP contribution >= 0.6 is 0 Å². The molecular weight excluding hydrogens is 881 g/mol. The summed E-state index contributed by atoms with van der Waals surface area (Å²) >= 11 is 0. The molecule has 0 spiro atoms. The van der Waals surface area contributed by atoms with E-state index in [1.165, 1.54) is 6.92 Å². The van der Waals surface area contributed by atoms with E-state index >= 15 is 0 Å². The second-order valence-electron chi connectivity index (χ2n) is 22.7. The minimum atomic E-state index is -1.88. The number of aliphatic hydroxyl groups is 12. The zero-order valence-corrected chi connectivity index (χ0v) is 39.5. The smallest absolute Gasteiger partial charge is 0.314 e. The Labute approximate surface area is 392 Å². The number of esters is 1. The van der Waals surface area contributed by atoms with E-state index in [-0.39, 0.29) is 53.6 Å². The first-order valence-electron chi connectivity index (χ1n) is 24.6. The van der Waals surface area contributed by atoms with Crippen molar-refractivity contribution in [1.82, 2.24) is 0 Å². The average Bonchev–Trinajstić information content (AvgIpc) is 3.72. The molecule has 67 heavy (non-hydrogen) atoms. The molecule has 0 aromatic carbocycles. The molecule has 384 valence electrons. The van der Waals surface area contributed by atoms with Gasteiger partial charge in [-0.1, -0.05) is 32.9 Å². The number of carbonyl (C=O) groups excluding carboxylic acids is 1. The van der Waals surface area contributed by atoms with Gasteiger partial charge in [-0.15, -0.1) is 0 Å². The van der Waals surface area contributed by atoms with Gasteiger partial charge in [-0.05, 0) is 118 Å². The van der Waals surface area contributed by atoms with E-state index in [1.54, 1.807) is 0 Å². The Morgan fingerprint density at radius 3 is 1.97 bits per heavy atom. The van der Waals surface area contributed by atoms with Gasteiger partial charge in [-0.25, -0.2) is 0 Å². The number of ether oxygens (including phenoxy) is 6. The van der Waals surface area contributed by atoms with Crippen molar-refractivity contribution in [2.45, 2.75) is 197 Å². The van der Waals surface area contributed by atoms with Crippen molar-refractivity contribution in [2.75, 3.05) is 26.4 Å². The lowest BCUT2D eigenvalue weighted by Crippen LogP contribution is -2.69. The molecule has 0 bridgehead atoms. The van der Waals surface area contributed by atoms with Crippen LogP contribution in [0.4, 0.5) is 0 Å². The van der Waals surface area contributed by atoms with Crippen LogP contribution in [0.3, 0.4) is 0 Å². The Morgan fingerprint density at radius 2 is 1.31 bits per heavy atom. The third-order valence-electron chi connectivity index (χ3n) is 19.8. The summed E-state index contributed by atoms with van der Waals surface area (Å²) < 4.78 is 34.7. The van der Waals surface area contributed by atoms with Crippen LogP contribution in [0.25, 0.3) is 0 Å². The van der Waals surface area contributed by atoms with E-state index in [2.05, 4.69) is 20.4 Å². The van der Waals surface area contributed by atoms with Crippen LogP contribution < -0.4 is 0 Å². The molecule has 5 saturated carbocycles. The van der Waals surface area contributed by atoms with Gasteiger partial charge in [0.15, 0.2) is 12.6 Å². The summed E-state index contributed by atoms with van der Waals surface area (Å²) in [7, 11) is 0. The molecule has 0 aromatic heterocycles. The molecule has 5 aliphatic carbocycles. The molecule has 19 heteroatoms. The fraction of sp³-hybridized carbons (Fsp3) is 0.938. The molecule has 12 N–H and O–H groups in total. The van der Waals surface area contributed by atoms with E-state index in [9.17, 15) is 66.1 Å². The van der Waals surface area contributed by atoms with E-state index in [4.69, 9.17) is 28.4 Å². The fourth-order valence-electron chi connectivity index (χ4n) is 15.9. The molecule has 26 unspecified atom stereocenters. The minimum Gasteiger partial charge on any atom is -0.432 e. The first-order chi connectivity index (χ1) is 31.5. The highest BCUT2D eigenvalue weighted by Gasteiger charge is 2.74. The van der Waals surface area contributed by atoms with Crippen LogP contribution in [-0.2, 0) is 33.2 Å². The van der Waals surface area contributed by atoms with Crippen molar-refractivity contribution < 1.29 is 94.5 Å². The Hall–Kier alpha value is -1.47. The highest BCUT2D eigenvalue weighted by atomic mass is 16.8. The molecule has 3 heterocycles. The van der Waals surface area contributed by atoms with Crippen LogP contribution in [0.5, 0.6) is 0 Å². The van der Waals surface area contributed by atoms with Crippen LogP contribution in [0, 0.1) is 56.7 Å². The third kappa shape index (κ3) is 7.92. The topological polar surface area (TPSA) is 315 Å². The highest BCUT2D eigenvalue weighted by molar-refractivity contribution is 5.78. The number of aliphatic hydroxyl groups excluding tert-OH is 12. The number of hydrogen-bond donors (Lipinski definition) is 12. The first kappa shape index (κ1) is 51.9. The maximum Gasteiger partial charge on any atom is 0.314 e. The number of allylic oxidation sites excluding steroid dienone is 1. The lowest BCUT2D eigenvalue weighted by atomic mass is 9.32. The largest absolute Gasteiger partial charge is 0.432 e. The third-order valence-corrected chi connectivity index (χ3v) is 19.8. The second kappa shape index (κ2) is 18.9. The van der Waals surface area contributed by atoms with Crippen molar-refractivity contribution in [2.24, 2.45) is 56.7 Å². The Kier molecular flexibility index (Phi) is 14.6. The SMILES string of the molecule is C=C(C)C1CCC2(C(=O)OC3OC(COC4OC(CO)C(OC5OC(C)C(O)C(O)C5O)C(O)C4O)C(O)C(O)C3O)CCC3(CO)C(CCC4C5(C)CCC(O)C(C)(CO)C5CCC43C)C12. The summed E-state index contributed by atoms with van der Waals surface area (Å²) in [4.78, 5) is 15.0. The molecule has 0 radical (unpaired) electrons. The summed E-state index contributed by atoms with van der Waals surface area (Å²) in [5, 5.41) is 130. The number of carbonyl (C=O) groups is 1. The number of hydrogen-bond acceptors (Lipinski definition) is 19. The quantitative estimate of drug-likeness (QED) is 0.0870. The van der Waals surface area contributed by atoms with Crippen molar-refractivity contribution in [3.63, 3.8) is 0 Å². The first-order valence-corrected chi connectivity index (χ1v) is 24.6. The molecule has 8 aliphatic rings. The predicted molar refractivity (Wildman–Crippen MR) is 232 cm³/mol. The zero-order chi connectivity index (χ0) is 48.9. The lowest BCUT2D eigenvalue weighted by Gasteiger charge is -2.73. The van der Waals surface area contributed by atoms with Gasteiger partial charge in [0.25, 0.3) is 0 Å². The molecule has 8 rings (SSSR count). The number of rotatable bonds is 11. The van der Waals surface area contributed by atoms with Gasteiger partial charge in [0, 0.05) is 17.4 Å². The molecule has 8 fully saturated rings.